The molecule has 1 amide bonds. The van der Waals surface area contributed by atoms with Crippen LogP contribution in [0.25, 0.3) is 0 Å². The van der Waals surface area contributed by atoms with E-state index in [0.717, 1.165) is 22.1 Å². The van der Waals surface area contributed by atoms with Crippen LogP contribution in [0.4, 0.5) is 0 Å². The summed E-state index contributed by atoms with van der Waals surface area (Å²) in [7, 11) is 0. The number of carbonyl (C=O) groups is 1. The summed E-state index contributed by atoms with van der Waals surface area (Å²) in [6.45, 7) is 1.00. The highest BCUT2D eigenvalue weighted by Crippen LogP contribution is 2.44. The molecule has 0 unspecified atom stereocenters. The smallest absolute Gasteiger partial charge is 0.227 e. The van der Waals surface area contributed by atoms with Gasteiger partial charge in [-0.3, -0.25) is 4.79 Å². The average molecular weight is 245 g/mol. The molecule has 5 heteroatoms. The lowest BCUT2D eigenvalue weighted by molar-refractivity contribution is -0.126. The molecule has 0 atom stereocenters. The van der Waals surface area contributed by atoms with Crippen molar-refractivity contribution in [1.82, 2.24) is 5.32 Å². The summed E-state index contributed by atoms with van der Waals surface area (Å²) in [5.74, 6) is 0.0783. The number of thiophene rings is 1. The van der Waals surface area contributed by atoms with Crippen LogP contribution < -0.4 is 11.1 Å². The van der Waals surface area contributed by atoms with E-state index in [1.165, 1.54) is 11.3 Å². The molecule has 1 aliphatic rings. The zero-order valence-electron chi connectivity index (χ0n) is 8.25. The number of halogens is 1. The van der Waals surface area contributed by atoms with Crippen molar-refractivity contribution in [3.8, 4) is 0 Å². The highest BCUT2D eigenvalue weighted by molar-refractivity contribution is 7.16. The molecule has 0 saturated heterocycles. The molecule has 0 aliphatic heterocycles. The number of hydrogen-bond donors (Lipinski definition) is 2. The van der Waals surface area contributed by atoms with Gasteiger partial charge in [0.25, 0.3) is 0 Å². The number of nitrogens with two attached hydrogens (primary N) is 1. The number of hydrogen-bond acceptors (Lipinski definition) is 3. The van der Waals surface area contributed by atoms with Crippen LogP contribution in [-0.2, 0) is 11.3 Å². The minimum atomic E-state index is -0.263. The Morgan fingerprint density at radius 1 is 1.60 bits per heavy atom. The van der Waals surface area contributed by atoms with Crippen LogP contribution in [0.3, 0.4) is 0 Å². The topological polar surface area (TPSA) is 55.1 Å². The summed E-state index contributed by atoms with van der Waals surface area (Å²) in [5.41, 5.74) is 5.30. The summed E-state index contributed by atoms with van der Waals surface area (Å²) in [6, 6.07) is 3.76. The highest BCUT2D eigenvalue weighted by Gasteiger charge is 2.48. The van der Waals surface area contributed by atoms with Crippen molar-refractivity contribution >= 4 is 28.8 Å². The van der Waals surface area contributed by atoms with E-state index < -0.39 is 0 Å². The summed E-state index contributed by atoms with van der Waals surface area (Å²) < 4.78 is 0.749. The Labute approximate surface area is 97.6 Å². The Morgan fingerprint density at radius 2 is 2.33 bits per heavy atom. The van der Waals surface area contributed by atoms with Gasteiger partial charge >= 0.3 is 0 Å². The standard InChI is InChI=1S/C10H13ClN2OS/c11-8-2-1-7(15-8)5-13-9(14)10(6-12)3-4-10/h1-2H,3-6,12H2,(H,13,14). The third-order valence-electron chi connectivity index (χ3n) is 2.78. The van der Waals surface area contributed by atoms with Crippen LogP contribution in [0.5, 0.6) is 0 Å². The fourth-order valence-electron chi connectivity index (χ4n) is 1.48. The normalized spacial score (nSPS) is 17.5. The number of rotatable bonds is 4. The van der Waals surface area contributed by atoms with Crippen molar-refractivity contribution < 1.29 is 4.79 Å². The minimum Gasteiger partial charge on any atom is -0.351 e. The maximum absolute atomic E-state index is 11.7. The van der Waals surface area contributed by atoms with Gasteiger partial charge in [-0.1, -0.05) is 11.6 Å². The first kappa shape index (κ1) is 10.9. The second-order valence-electron chi connectivity index (χ2n) is 3.87. The molecule has 2 rings (SSSR count). The van der Waals surface area contributed by atoms with Crippen LogP contribution in [0.15, 0.2) is 12.1 Å². The largest absolute Gasteiger partial charge is 0.351 e. The van der Waals surface area contributed by atoms with Gasteiger partial charge in [0.15, 0.2) is 0 Å². The average Bonchev–Trinajstić information content (AvgIpc) is 2.93. The summed E-state index contributed by atoms with van der Waals surface area (Å²) >= 11 is 7.28. The van der Waals surface area contributed by atoms with Gasteiger partial charge < -0.3 is 11.1 Å². The Balaban J connectivity index is 1.86. The van der Waals surface area contributed by atoms with Crippen LogP contribution in [0, 0.1) is 5.41 Å². The van der Waals surface area contributed by atoms with Crippen molar-refractivity contribution in [2.24, 2.45) is 11.1 Å². The van der Waals surface area contributed by atoms with E-state index in [9.17, 15) is 4.79 Å². The maximum Gasteiger partial charge on any atom is 0.227 e. The number of nitrogens with one attached hydrogen (secondary N) is 1. The third-order valence-corrected chi connectivity index (χ3v) is 4.01. The van der Waals surface area contributed by atoms with Crippen molar-refractivity contribution in [3.63, 3.8) is 0 Å². The molecule has 1 aromatic heterocycles. The third kappa shape index (κ3) is 2.33. The first-order valence-electron chi connectivity index (χ1n) is 4.89. The fourth-order valence-corrected chi connectivity index (χ4v) is 2.50. The van der Waals surface area contributed by atoms with Crippen molar-refractivity contribution in [3.05, 3.63) is 21.3 Å². The first-order chi connectivity index (χ1) is 7.16. The van der Waals surface area contributed by atoms with E-state index in [1.807, 2.05) is 12.1 Å². The Hall–Kier alpha value is -0.580. The van der Waals surface area contributed by atoms with Crippen LogP contribution >= 0.6 is 22.9 Å². The molecule has 82 valence electrons. The second-order valence-corrected chi connectivity index (χ2v) is 5.67. The predicted octanol–water partition coefficient (Wildman–Crippen LogP) is 1.76. The first-order valence-corrected chi connectivity index (χ1v) is 6.08. The van der Waals surface area contributed by atoms with Gasteiger partial charge in [0.1, 0.15) is 0 Å². The fraction of sp³-hybridized carbons (Fsp3) is 0.500. The Bertz CT molecular complexity index is 373. The molecule has 3 nitrogen and oxygen atoms in total. The molecule has 15 heavy (non-hydrogen) atoms. The molecule has 1 heterocycles. The zero-order chi connectivity index (χ0) is 10.9. The summed E-state index contributed by atoms with van der Waals surface area (Å²) in [5, 5.41) is 2.90. The Morgan fingerprint density at radius 3 is 2.80 bits per heavy atom. The lowest BCUT2D eigenvalue weighted by atomic mass is 10.1. The van der Waals surface area contributed by atoms with Crippen LogP contribution in [0.2, 0.25) is 4.34 Å². The number of carbonyl (C=O) groups excluding carboxylic acids is 1. The van der Waals surface area contributed by atoms with E-state index in [4.69, 9.17) is 17.3 Å². The van der Waals surface area contributed by atoms with Crippen LogP contribution in [0.1, 0.15) is 17.7 Å². The van der Waals surface area contributed by atoms with Gasteiger partial charge in [0, 0.05) is 11.4 Å². The lowest BCUT2D eigenvalue weighted by Crippen LogP contribution is -2.35. The van der Waals surface area contributed by atoms with Gasteiger partial charge in [-0.05, 0) is 25.0 Å². The summed E-state index contributed by atoms with van der Waals surface area (Å²) in [6.07, 6.45) is 1.83. The predicted molar refractivity (Wildman–Crippen MR) is 61.9 cm³/mol. The van der Waals surface area contributed by atoms with E-state index in [2.05, 4.69) is 5.32 Å². The van der Waals surface area contributed by atoms with Crippen LogP contribution in [-0.4, -0.2) is 12.5 Å². The molecule has 0 spiro atoms. The van der Waals surface area contributed by atoms with Gasteiger partial charge in [0.2, 0.25) is 5.91 Å². The molecular formula is C10H13ClN2OS. The summed E-state index contributed by atoms with van der Waals surface area (Å²) in [4.78, 5) is 12.8. The van der Waals surface area contributed by atoms with E-state index >= 15 is 0 Å². The molecule has 1 aromatic rings. The second kappa shape index (κ2) is 4.12. The van der Waals surface area contributed by atoms with Gasteiger partial charge in [-0.15, -0.1) is 11.3 Å². The molecule has 0 aromatic carbocycles. The van der Waals surface area contributed by atoms with E-state index in [-0.39, 0.29) is 11.3 Å². The quantitative estimate of drug-likeness (QED) is 0.848. The van der Waals surface area contributed by atoms with Gasteiger partial charge in [-0.2, -0.15) is 0 Å². The highest BCUT2D eigenvalue weighted by atomic mass is 35.5. The minimum absolute atomic E-state index is 0.0783. The van der Waals surface area contributed by atoms with Gasteiger partial charge in [0.05, 0.1) is 16.3 Å². The van der Waals surface area contributed by atoms with Crippen molar-refractivity contribution in [2.75, 3.05) is 6.54 Å². The number of amides is 1. The Kier molecular flexibility index (Phi) is 3.00. The molecule has 0 radical (unpaired) electrons. The van der Waals surface area contributed by atoms with Gasteiger partial charge in [-0.25, -0.2) is 0 Å². The SMILES string of the molecule is NCC1(C(=O)NCc2ccc(Cl)s2)CC1. The monoisotopic (exact) mass is 244 g/mol. The van der Waals surface area contributed by atoms with Crippen molar-refractivity contribution in [2.45, 2.75) is 19.4 Å². The molecule has 1 aliphatic carbocycles. The molecule has 3 N–H and O–H groups in total. The zero-order valence-corrected chi connectivity index (χ0v) is 9.83. The lowest BCUT2D eigenvalue weighted by Gasteiger charge is -2.11. The van der Waals surface area contributed by atoms with E-state index in [1.54, 1.807) is 0 Å². The molecule has 1 fully saturated rings. The molecule has 0 bridgehead atoms. The van der Waals surface area contributed by atoms with Crippen molar-refractivity contribution in [1.29, 1.82) is 0 Å². The molecular weight excluding hydrogens is 232 g/mol. The maximum atomic E-state index is 11.7. The molecule has 1 saturated carbocycles. The van der Waals surface area contributed by atoms with E-state index in [0.29, 0.717) is 13.1 Å².